The second-order valence-electron chi connectivity index (χ2n) is 6.84. The topological polar surface area (TPSA) is 51.2 Å². The molecule has 0 unspecified atom stereocenters. The van der Waals surface area contributed by atoms with E-state index in [1.165, 1.54) is 13.8 Å². The highest BCUT2D eigenvalue weighted by molar-refractivity contribution is 6.25. The summed E-state index contributed by atoms with van der Waals surface area (Å²) in [4.78, 5) is 36.5. The van der Waals surface area contributed by atoms with Crippen molar-refractivity contribution in [2.45, 2.75) is 55.4 Å². The van der Waals surface area contributed by atoms with Gasteiger partial charge in [-0.25, -0.2) is 0 Å². The van der Waals surface area contributed by atoms with Crippen LogP contribution in [0.15, 0.2) is 0 Å². The van der Waals surface area contributed by atoms with Crippen molar-refractivity contribution in [3.05, 3.63) is 0 Å². The van der Waals surface area contributed by atoms with Crippen LogP contribution >= 0.6 is 0 Å². The molecule has 0 heterocycles. The predicted molar refractivity (Wildman–Crippen MR) is 67.7 cm³/mol. The first-order valence-corrected chi connectivity index (χ1v) is 5.86. The first-order valence-electron chi connectivity index (χ1n) is 5.86. The van der Waals surface area contributed by atoms with Crippen molar-refractivity contribution in [3.63, 3.8) is 0 Å². The van der Waals surface area contributed by atoms with Gasteiger partial charge in [-0.2, -0.15) is 0 Å². The molecule has 0 aromatic carbocycles. The number of carbonyl (C=O) groups is 3. The van der Waals surface area contributed by atoms with E-state index in [4.69, 9.17) is 0 Å². The molecule has 0 amide bonds. The number of Topliss-reactive ketones (excluding diaryl/α,β-unsaturated/α-hetero) is 3. The molecule has 0 atom stereocenters. The summed E-state index contributed by atoms with van der Waals surface area (Å²) in [5, 5.41) is 0. The molecule has 0 saturated heterocycles. The molecule has 98 valence electrons. The van der Waals surface area contributed by atoms with Gasteiger partial charge in [-0.15, -0.1) is 0 Å². The molecule has 0 aromatic rings. The zero-order valence-corrected chi connectivity index (χ0v) is 12.2. The van der Waals surface area contributed by atoms with Crippen molar-refractivity contribution in [1.82, 2.24) is 0 Å². The van der Waals surface area contributed by atoms with E-state index in [-0.39, 0.29) is 17.3 Å². The second-order valence-corrected chi connectivity index (χ2v) is 6.84. The van der Waals surface area contributed by atoms with Crippen LogP contribution in [0.1, 0.15) is 55.4 Å². The van der Waals surface area contributed by atoms with Gasteiger partial charge in [0.2, 0.25) is 0 Å². The molecule has 0 aliphatic carbocycles. The zero-order valence-electron chi connectivity index (χ0n) is 12.2. The Morgan fingerprint density at radius 3 is 1.00 bits per heavy atom. The summed E-state index contributed by atoms with van der Waals surface area (Å²) in [5.74, 6) is -0.993. The maximum atomic E-state index is 12.4. The molecular formula is C14H24O3. The van der Waals surface area contributed by atoms with Crippen LogP contribution in [0, 0.1) is 16.2 Å². The van der Waals surface area contributed by atoms with E-state index in [1.807, 2.05) is 0 Å². The molecule has 0 radical (unpaired) electrons. The fraction of sp³-hybridized carbons (Fsp3) is 0.786. The van der Waals surface area contributed by atoms with Crippen molar-refractivity contribution in [3.8, 4) is 0 Å². The van der Waals surface area contributed by atoms with Crippen LogP contribution in [0.5, 0.6) is 0 Å². The van der Waals surface area contributed by atoms with E-state index >= 15 is 0 Å². The lowest BCUT2D eigenvalue weighted by molar-refractivity contribution is -0.154. The number of rotatable bonds is 3. The van der Waals surface area contributed by atoms with Gasteiger partial charge in [-0.1, -0.05) is 41.5 Å². The maximum Gasteiger partial charge on any atom is 0.158 e. The van der Waals surface area contributed by atoms with E-state index < -0.39 is 16.2 Å². The lowest BCUT2D eigenvalue weighted by Gasteiger charge is -2.35. The number of carbonyl (C=O) groups excluding carboxylic acids is 3. The third-order valence-corrected chi connectivity index (χ3v) is 2.97. The van der Waals surface area contributed by atoms with E-state index in [2.05, 4.69) is 0 Å². The number of hydrogen-bond acceptors (Lipinski definition) is 3. The van der Waals surface area contributed by atoms with E-state index in [0.29, 0.717) is 0 Å². The molecule has 0 aliphatic heterocycles. The first-order chi connectivity index (χ1) is 7.25. The van der Waals surface area contributed by atoms with Crippen molar-refractivity contribution in [2.24, 2.45) is 16.2 Å². The lowest BCUT2D eigenvalue weighted by atomic mass is 9.63. The Morgan fingerprint density at radius 1 is 0.647 bits per heavy atom. The highest BCUT2D eigenvalue weighted by Gasteiger charge is 2.52. The maximum absolute atomic E-state index is 12.4. The second kappa shape index (κ2) is 4.35. The fourth-order valence-corrected chi connectivity index (χ4v) is 1.92. The molecule has 0 aromatic heterocycles. The normalized spacial score (nSPS) is 13.4. The monoisotopic (exact) mass is 240 g/mol. The summed E-state index contributed by atoms with van der Waals surface area (Å²) in [5.41, 5.74) is -2.95. The van der Waals surface area contributed by atoms with Gasteiger partial charge >= 0.3 is 0 Å². The van der Waals surface area contributed by atoms with Gasteiger partial charge < -0.3 is 0 Å². The zero-order chi connectivity index (χ0) is 14.2. The van der Waals surface area contributed by atoms with Gasteiger partial charge in [0.1, 0.15) is 5.41 Å². The van der Waals surface area contributed by atoms with Gasteiger partial charge in [-0.05, 0) is 13.8 Å². The van der Waals surface area contributed by atoms with E-state index in [1.54, 1.807) is 41.5 Å². The van der Waals surface area contributed by atoms with Crippen molar-refractivity contribution in [2.75, 3.05) is 0 Å². The molecule has 0 rings (SSSR count). The number of ketones is 3. The Morgan fingerprint density at radius 2 is 0.882 bits per heavy atom. The van der Waals surface area contributed by atoms with Crippen LogP contribution in [0.4, 0.5) is 0 Å². The average Bonchev–Trinajstić information content (AvgIpc) is 2.10. The number of hydrogen-bond donors (Lipinski definition) is 0. The van der Waals surface area contributed by atoms with Crippen LogP contribution in [0.2, 0.25) is 0 Å². The van der Waals surface area contributed by atoms with Crippen LogP contribution in [-0.4, -0.2) is 17.3 Å². The van der Waals surface area contributed by atoms with Crippen LogP contribution in [-0.2, 0) is 14.4 Å². The van der Waals surface area contributed by atoms with Crippen molar-refractivity contribution >= 4 is 17.3 Å². The molecule has 0 N–H and O–H groups in total. The van der Waals surface area contributed by atoms with Crippen LogP contribution in [0.25, 0.3) is 0 Å². The highest BCUT2D eigenvalue weighted by atomic mass is 16.2. The average molecular weight is 240 g/mol. The summed E-state index contributed by atoms with van der Waals surface area (Å²) in [6.45, 7) is 13.1. The highest BCUT2D eigenvalue weighted by Crippen LogP contribution is 2.36. The predicted octanol–water partition coefficient (Wildman–Crippen LogP) is 2.81. The quantitative estimate of drug-likeness (QED) is 0.713. The van der Waals surface area contributed by atoms with Gasteiger partial charge in [0.05, 0.1) is 0 Å². The molecule has 0 fully saturated rings. The summed E-state index contributed by atoms with van der Waals surface area (Å²) < 4.78 is 0. The lowest BCUT2D eigenvalue weighted by Crippen LogP contribution is -2.51. The Hall–Kier alpha value is -0.990. The summed E-state index contributed by atoms with van der Waals surface area (Å²) >= 11 is 0. The van der Waals surface area contributed by atoms with Gasteiger partial charge in [0.25, 0.3) is 0 Å². The summed E-state index contributed by atoms with van der Waals surface area (Å²) in [6.07, 6.45) is 0. The summed E-state index contributed by atoms with van der Waals surface area (Å²) in [7, 11) is 0. The Labute approximate surface area is 104 Å². The Kier molecular flexibility index (Phi) is 4.10. The molecule has 0 bridgehead atoms. The van der Waals surface area contributed by atoms with Crippen LogP contribution in [0.3, 0.4) is 0 Å². The molecule has 0 saturated carbocycles. The van der Waals surface area contributed by atoms with Gasteiger partial charge in [0, 0.05) is 10.8 Å². The molecule has 0 spiro atoms. The minimum atomic E-state index is -1.53. The SMILES string of the molecule is CC(=O)C(C)(C(=O)C(C)(C)C)C(=O)C(C)(C)C. The van der Waals surface area contributed by atoms with E-state index in [0.717, 1.165) is 0 Å². The minimum absolute atomic E-state index is 0.308. The minimum Gasteiger partial charge on any atom is -0.298 e. The van der Waals surface area contributed by atoms with Gasteiger partial charge in [-0.3, -0.25) is 14.4 Å². The molecule has 17 heavy (non-hydrogen) atoms. The standard InChI is InChI=1S/C14H24O3/c1-9(15)14(8,10(16)12(2,3)4)11(17)13(5,6)7/h1-8H3. The van der Waals surface area contributed by atoms with Crippen LogP contribution < -0.4 is 0 Å². The molecule has 3 heteroatoms. The van der Waals surface area contributed by atoms with Crippen molar-refractivity contribution < 1.29 is 14.4 Å². The van der Waals surface area contributed by atoms with E-state index in [9.17, 15) is 14.4 Å². The molecule has 0 aliphatic rings. The Bertz CT molecular complexity index is 325. The third kappa shape index (κ3) is 3.02. The molecule has 3 nitrogen and oxygen atoms in total. The van der Waals surface area contributed by atoms with Crippen molar-refractivity contribution in [1.29, 1.82) is 0 Å². The fourth-order valence-electron chi connectivity index (χ4n) is 1.92. The third-order valence-electron chi connectivity index (χ3n) is 2.97. The smallest absolute Gasteiger partial charge is 0.158 e. The first kappa shape index (κ1) is 16.0. The molecular weight excluding hydrogens is 216 g/mol. The Balaban J connectivity index is 5.75. The summed E-state index contributed by atoms with van der Waals surface area (Å²) in [6, 6.07) is 0. The van der Waals surface area contributed by atoms with Gasteiger partial charge in [0.15, 0.2) is 17.3 Å². The largest absolute Gasteiger partial charge is 0.298 e.